The van der Waals surface area contributed by atoms with Crippen molar-refractivity contribution in [3.05, 3.63) is 35.9 Å². The van der Waals surface area contributed by atoms with E-state index in [9.17, 15) is 9.59 Å². The quantitative estimate of drug-likeness (QED) is 0.835. The Labute approximate surface area is 99.6 Å². The Bertz CT molecular complexity index is 416. The molecule has 1 aliphatic rings. The molecule has 17 heavy (non-hydrogen) atoms. The van der Waals surface area contributed by atoms with Gasteiger partial charge in [0.15, 0.2) is 0 Å². The summed E-state index contributed by atoms with van der Waals surface area (Å²) in [5.74, 6) is -0.833. The van der Waals surface area contributed by atoms with Gasteiger partial charge in [-0.1, -0.05) is 30.3 Å². The van der Waals surface area contributed by atoms with Crippen molar-refractivity contribution in [2.45, 2.75) is 25.3 Å². The molecule has 0 unspecified atom stereocenters. The molecule has 0 spiro atoms. The van der Waals surface area contributed by atoms with Crippen LogP contribution >= 0.6 is 0 Å². The zero-order chi connectivity index (χ0) is 12.3. The minimum absolute atomic E-state index is 0.000455. The molecule has 0 aromatic heterocycles. The Morgan fingerprint density at radius 3 is 2.71 bits per heavy atom. The van der Waals surface area contributed by atoms with Gasteiger partial charge in [-0.25, -0.2) is 0 Å². The maximum Gasteiger partial charge on any atom is 0.303 e. The van der Waals surface area contributed by atoms with Gasteiger partial charge in [-0.05, 0) is 17.9 Å². The highest BCUT2D eigenvalue weighted by molar-refractivity contribution is 5.78. The van der Waals surface area contributed by atoms with Crippen molar-refractivity contribution in [3.63, 3.8) is 0 Å². The van der Waals surface area contributed by atoms with Gasteiger partial charge in [0.2, 0.25) is 5.91 Å². The van der Waals surface area contributed by atoms with Crippen LogP contribution < -0.4 is 5.32 Å². The summed E-state index contributed by atoms with van der Waals surface area (Å²) in [6.07, 6.45) is 1.15. The maximum absolute atomic E-state index is 11.4. The van der Waals surface area contributed by atoms with Crippen LogP contribution in [0.15, 0.2) is 30.3 Å². The molecule has 4 nitrogen and oxygen atoms in total. The molecule has 0 bridgehead atoms. The Kier molecular flexibility index (Phi) is 3.42. The molecule has 0 radical (unpaired) electrons. The van der Waals surface area contributed by atoms with Crippen molar-refractivity contribution in [1.82, 2.24) is 5.32 Å². The maximum atomic E-state index is 11.4. The van der Waals surface area contributed by atoms with E-state index < -0.39 is 5.97 Å². The Hall–Kier alpha value is -1.84. The number of carboxylic acid groups (broad SMARTS) is 1. The smallest absolute Gasteiger partial charge is 0.303 e. The third-order valence-electron chi connectivity index (χ3n) is 3.13. The molecule has 1 heterocycles. The molecular formula is C13H15NO3. The number of carbonyl (C=O) groups excluding carboxylic acids is 1. The monoisotopic (exact) mass is 233 g/mol. The molecule has 1 aromatic rings. The van der Waals surface area contributed by atoms with Crippen LogP contribution in [0.2, 0.25) is 0 Å². The number of hydrogen-bond donors (Lipinski definition) is 2. The van der Waals surface area contributed by atoms with Gasteiger partial charge in [-0.3, -0.25) is 9.59 Å². The Morgan fingerprint density at radius 1 is 1.35 bits per heavy atom. The second-order valence-corrected chi connectivity index (χ2v) is 4.35. The van der Waals surface area contributed by atoms with Gasteiger partial charge < -0.3 is 10.4 Å². The number of piperidine rings is 1. The van der Waals surface area contributed by atoms with Crippen molar-refractivity contribution in [2.24, 2.45) is 5.92 Å². The first kappa shape index (κ1) is 11.6. The summed E-state index contributed by atoms with van der Waals surface area (Å²) in [7, 11) is 0. The van der Waals surface area contributed by atoms with Gasteiger partial charge in [0.05, 0.1) is 12.5 Å². The largest absolute Gasteiger partial charge is 0.481 e. The highest BCUT2D eigenvalue weighted by Gasteiger charge is 2.31. The van der Waals surface area contributed by atoms with Gasteiger partial charge in [-0.2, -0.15) is 0 Å². The molecule has 1 fully saturated rings. The van der Waals surface area contributed by atoms with Crippen molar-refractivity contribution in [2.75, 3.05) is 0 Å². The molecule has 1 aliphatic heterocycles. The van der Waals surface area contributed by atoms with Crippen LogP contribution in [0.25, 0.3) is 0 Å². The molecule has 0 saturated carbocycles. The fourth-order valence-electron chi connectivity index (χ4n) is 2.31. The lowest BCUT2D eigenvalue weighted by Crippen LogP contribution is -2.39. The fourth-order valence-corrected chi connectivity index (χ4v) is 2.31. The molecule has 2 rings (SSSR count). The van der Waals surface area contributed by atoms with Gasteiger partial charge >= 0.3 is 5.97 Å². The predicted molar refractivity (Wildman–Crippen MR) is 62.3 cm³/mol. The Morgan fingerprint density at radius 2 is 2.06 bits per heavy atom. The van der Waals surface area contributed by atoms with Crippen LogP contribution in [0, 0.1) is 5.92 Å². The molecular weight excluding hydrogens is 218 g/mol. The van der Waals surface area contributed by atoms with Gasteiger partial charge in [0.25, 0.3) is 0 Å². The predicted octanol–water partition coefficient (Wildman–Crippen LogP) is 1.73. The van der Waals surface area contributed by atoms with E-state index in [0.717, 1.165) is 5.56 Å². The van der Waals surface area contributed by atoms with E-state index >= 15 is 0 Å². The van der Waals surface area contributed by atoms with Crippen LogP contribution in [0.5, 0.6) is 0 Å². The molecule has 0 aliphatic carbocycles. The topological polar surface area (TPSA) is 66.4 Å². The molecule has 90 valence electrons. The van der Waals surface area contributed by atoms with E-state index in [1.807, 2.05) is 30.3 Å². The fraction of sp³-hybridized carbons (Fsp3) is 0.385. The number of nitrogens with one attached hydrogen (secondary N) is 1. The third kappa shape index (κ3) is 2.84. The number of benzene rings is 1. The summed E-state index contributed by atoms with van der Waals surface area (Å²) in [5, 5.41) is 11.8. The van der Waals surface area contributed by atoms with Crippen LogP contribution in [-0.4, -0.2) is 17.0 Å². The van der Waals surface area contributed by atoms with Crippen molar-refractivity contribution >= 4 is 11.9 Å². The second-order valence-electron chi connectivity index (χ2n) is 4.35. The number of carbonyl (C=O) groups is 2. The summed E-state index contributed by atoms with van der Waals surface area (Å²) in [6, 6.07) is 9.37. The zero-order valence-corrected chi connectivity index (χ0v) is 9.43. The number of hydrogen-bond acceptors (Lipinski definition) is 2. The van der Waals surface area contributed by atoms with E-state index in [0.29, 0.717) is 12.8 Å². The molecule has 1 aromatic carbocycles. The summed E-state index contributed by atoms with van der Waals surface area (Å²) in [4.78, 5) is 22.2. The highest BCUT2D eigenvalue weighted by atomic mass is 16.4. The average molecular weight is 233 g/mol. The van der Waals surface area contributed by atoms with Crippen LogP contribution in [-0.2, 0) is 9.59 Å². The van der Waals surface area contributed by atoms with E-state index in [4.69, 9.17) is 5.11 Å². The molecule has 1 saturated heterocycles. The summed E-state index contributed by atoms with van der Waals surface area (Å²) in [6.45, 7) is 0. The minimum Gasteiger partial charge on any atom is -0.481 e. The SMILES string of the molecule is O=C(O)C[C@H]1CCC(=O)N[C@@H]1c1ccccc1. The number of rotatable bonds is 3. The number of amides is 1. The van der Waals surface area contributed by atoms with E-state index in [2.05, 4.69) is 5.32 Å². The Balaban J connectivity index is 2.19. The number of carboxylic acids is 1. The lowest BCUT2D eigenvalue weighted by Gasteiger charge is -2.31. The molecule has 2 N–H and O–H groups in total. The highest BCUT2D eigenvalue weighted by Crippen LogP contribution is 2.31. The average Bonchev–Trinajstić information content (AvgIpc) is 2.32. The van der Waals surface area contributed by atoms with Crippen LogP contribution in [0.4, 0.5) is 0 Å². The zero-order valence-electron chi connectivity index (χ0n) is 9.43. The molecule has 1 amide bonds. The van der Waals surface area contributed by atoms with Crippen LogP contribution in [0.3, 0.4) is 0 Å². The van der Waals surface area contributed by atoms with E-state index in [1.54, 1.807) is 0 Å². The van der Waals surface area contributed by atoms with Gasteiger partial charge in [0, 0.05) is 6.42 Å². The normalized spacial score (nSPS) is 24.1. The first-order chi connectivity index (χ1) is 8.16. The van der Waals surface area contributed by atoms with Crippen LogP contribution in [0.1, 0.15) is 30.9 Å². The standard InChI is InChI=1S/C13H15NO3/c15-11-7-6-10(8-12(16)17)13(14-11)9-4-2-1-3-5-9/h1-5,10,13H,6-8H2,(H,14,15)(H,16,17)/t10-,13-/m1/s1. The van der Waals surface area contributed by atoms with Crippen molar-refractivity contribution < 1.29 is 14.7 Å². The van der Waals surface area contributed by atoms with Gasteiger partial charge in [0.1, 0.15) is 0 Å². The van der Waals surface area contributed by atoms with E-state index in [1.165, 1.54) is 0 Å². The summed E-state index contributed by atoms with van der Waals surface area (Å²) < 4.78 is 0. The lowest BCUT2D eigenvalue weighted by atomic mass is 9.84. The summed E-state index contributed by atoms with van der Waals surface area (Å²) >= 11 is 0. The van der Waals surface area contributed by atoms with Crippen molar-refractivity contribution in [3.8, 4) is 0 Å². The first-order valence-corrected chi connectivity index (χ1v) is 5.73. The summed E-state index contributed by atoms with van der Waals surface area (Å²) in [5.41, 5.74) is 0.979. The second kappa shape index (κ2) is 4.99. The molecule has 4 heteroatoms. The first-order valence-electron chi connectivity index (χ1n) is 5.73. The van der Waals surface area contributed by atoms with Crippen molar-refractivity contribution in [1.29, 1.82) is 0 Å². The van der Waals surface area contributed by atoms with Gasteiger partial charge in [-0.15, -0.1) is 0 Å². The third-order valence-corrected chi connectivity index (χ3v) is 3.13. The van der Waals surface area contributed by atoms with E-state index in [-0.39, 0.29) is 24.3 Å². The lowest BCUT2D eigenvalue weighted by molar-refractivity contribution is -0.139. The number of aliphatic carboxylic acids is 1. The minimum atomic E-state index is -0.813. The molecule has 2 atom stereocenters.